The smallest absolute Gasteiger partial charge is 0.247 e. The average Bonchev–Trinajstić information content (AvgIpc) is 3.65. The number of carbonyl (C=O) groups is 1. The number of piperazine rings is 1. The molecule has 1 saturated heterocycles. The quantitative estimate of drug-likeness (QED) is 0.207. The fraction of sp³-hybridized carbons (Fsp3) is 0.286. The van der Waals surface area contributed by atoms with Gasteiger partial charge in [0.25, 0.3) is 0 Å². The Labute approximate surface area is 253 Å². The van der Waals surface area contributed by atoms with E-state index in [0.29, 0.717) is 6.04 Å². The van der Waals surface area contributed by atoms with Gasteiger partial charge in [-0.15, -0.1) is 0 Å². The second kappa shape index (κ2) is 11.5. The largest absolute Gasteiger partial charge is 0.369 e. The number of fused-ring (bicyclic) bond motifs is 1. The second-order valence-electron chi connectivity index (χ2n) is 11.8. The minimum absolute atomic E-state index is 0.237. The highest BCUT2D eigenvalue weighted by atomic mass is 16.1. The number of aromatic nitrogens is 4. The zero-order chi connectivity index (χ0) is 30.2. The number of aromatic amines is 1. The fourth-order valence-corrected chi connectivity index (χ4v) is 5.73. The molecule has 0 unspecified atom stereocenters. The van der Waals surface area contributed by atoms with Crippen molar-refractivity contribution in [2.45, 2.75) is 39.8 Å². The van der Waals surface area contributed by atoms with Crippen LogP contribution < -0.4 is 10.2 Å². The summed E-state index contributed by atoms with van der Waals surface area (Å²) in [5.41, 5.74) is 9.87. The third kappa shape index (κ3) is 5.58. The minimum atomic E-state index is -0.237. The second-order valence-corrected chi connectivity index (χ2v) is 11.8. The predicted octanol–water partition coefficient (Wildman–Crippen LogP) is 6.91. The van der Waals surface area contributed by atoms with Gasteiger partial charge in [0.1, 0.15) is 5.65 Å². The van der Waals surface area contributed by atoms with Gasteiger partial charge in [-0.1, -0.05) is 30.8 Å². The lowest BCUT2D eigenvalue weighted by Crippen LogP contribution is -2.50. The molecule has 0 radical (unpaired) electrons. The number of carbonyl (C=O) groups excluding carboxylic acids is 1. The molecule has 8 heteroatoms. The summed E-state index contributed by atoms with van der Waals surface area (Å²) in [6.07, 6.45) is 7.15. The predicted molar refractivity (Wildman–Crippen MR) is 176 cm³/mol. The molecule has 1 atom stereocenters. The van der Waals surface area contributed by atoms with Crippen molar-refractivity contribution in [2.75, 3.05) is 36.9 Å². The van der Waals surface area contributed by atoms with Crippen LogP contribution in [0.15, 0.2) is 79.8 Å². The summed E-state index contributed by atoms with van der Waals surface area (Å²) in [4.78, 5) is 25.6. The minimum Gasteiger partial charge on any atom is -0.369 e. The summed E-state index contributed by atoms with van der Waals surface area (Å²) in [6.45, 7) is 15.2. The first-order valence-corrected chi connectivity index (χ1v) is 14.9. The number of likely N-dealkylation sites (N-methyl/N-ethyl adjacent to an activating group) is 1. The lowest BCUT2D eigenvalue weighted by molar-refractivity contribution is -0.111. The zero-order valence-corrected chi connectivity index (χ0v) is 25.6. The van der Waals surface area contributed by atoms with Crippen molar-refractivity contribution in [3.8, 4) is 33.5 Å². The van der Waals surface area contributed by atoms with Gasteiger partial charge in [0.2, 0.25) is 5.91 Å². The summed E-state index contributed by atoms with van der Waals surface area (Å²) < 4.78 is 1.96. The Bertz CT molecular complexity index is 1800. The van der Waals surface area contributed by atoms with E-state index in [1.165, 1.54) is 11.8 Å². The molecule has 0 bridgehead atoms. The molecule has 0 saturated carbocycles. The molecule has 43 heavy (non-hydrogen) atoms. The van der Waals surface area contributed by atoms with Crippen LogP contribution in [0, 0.1) is 6.92 Å². The molecule has 5 aromatic rings. The van der Waals surface area contributed by atoms with Crippen molar-refractivity contribution in [2.24, 2.45) is 0 Å². The molecule has 3 aromatic heterocycles. The number of hydrogen-bond donors (Lipinski definition) is 2. The maximum absolute atomic E-state index is 12.2. The molecule has 1 amide bonds. The van der Waals surface area contributed by atoms with Gasteiger partial charge in [0.15, 0.2) is 0 Å². The van der Waals surface area contributed by atoms with Crippen molar-refractivity contribution in [1.82, 2.24) is 24.6 Å². The lowest BCUT2D eigenvalue weighted by Gasteiger charge is -2.39. The van der Waals surface area contributed by atoms with E-state index < -0.39 is 0 Å². The SMILES string of the molecule is C=CC(=O)Nc1cc(-c2c(-c3ccc(N4CCN(C)[C@H](C)C4)cc3)[nH]c3ncc(-c4cnn(C(C)C)c4)cc23)ccc1C. The van der Waals surface area contributed by atoms with Crippen LogP contribution in [-0.2, 0) is 4.79 Å². The topological polar surface area (TPSA) is 82.1 Å². The van der Waals surface area contributed by atoms with Gasteiger partial charge in [-0.3, -0.25) is 9.48 Å². The van der Waals surface area contributed by atoms with Gasteiger partial charge in [-0.05, 0) is 81.8 Å². The number of H-pyrrole nitrogens is 1. The highest BCUT2D eigenvalue weighted by Gasteiger charge is 2.22. The van der Waals surface area contributed by atoms with Gasteiger partial charge in [0.05, 0.1) is 11.9 Å². The molecule has 6 rings (SSSR count). The van der Waals surface area contributed by atoms with Crippen LogP contribution in [0.25, 0.3) is 44.5 Å². The standard InChI is InChI=1S/C35H39N7O/c1-7-32(43)38-31-17-26(9-8-23(31)4)33-30-16-27(28-19-37-42(21-28)22(2)3)18-36-35(30)39-34(33)25-10-12-29(13-11-25)41-15-14-40(6)24(5)20-41/h7-13,16-19,21-22,24H,1,14-15,20H2,2-6H3,(H,36,39)(H,38,43)/t24-/m1/s1. The van der Waals surface area contributed by atoms with Crippen LogP contribution in [0.4, 0.5) is 11.4 Å². The normalized spacial score (nSPS) is 15.8. The Morgan fingerprint density at radius 2 is 1.81 bits per heavy atom. The molecule has 1 aliphatic rings. The Morgan fingerprint density at radius 3 is 2.51 bits per heavy atom. The zero-order valence-electron chi connectivity index (χ0n) is 25.6. The molecule has 4 heterocycles. The molecule has 1 fully saturated rings. The van der Waals surface area contributed by atoms with E-state index in [1.807, 2.05) is 36.1 Å². The molecular weight excluding hydrogens is 534 g/mol. The Kier molecular flexibility index (Phi) is 7.62. The first kappa shape index (κ1) is 28.4. The van der Waals surface area contributed by atoms with Gasteiger partial charge in [-0.25, -0.2) is 4.98 Å². The number of anilines is 2. The van der Waals surface area contributed by atoms with Gasteiger partial charge in [0, 0.05) is 77.6 Å². The molecule has 2 N–H and O–H groups in total. The molecule has 1 aliphatic heterocycles. The highest BCUT2D eigenvalue weighted by Crippen LogP contribution is 2.41. The highest BCUT2D eigenvalue weighted by molar-refractivity contribution is 6.05. The Hall–Kier alpha value is -4.69. The maximum atomic E-state index is 12.2. The summed E-state index contributed by atoms with van der Waals surface area (Å²) in [5.74, 6) is -0.237. The van der Waals surface area contributed by atoms with Crippen LogP contribution in [0.3, 0.4) is 0 Å². The summed E-state index contributed by atoms with van der Waals surface area (Å²) in [6, 6.07) is 18.0. The lowest BCUT2D eigenvalue weighted by atomic mass is 9.96. The molecular formula is C35H39N7O. The number of aryl methyl sites for hydroxylation is 1. The molecule has 220 valence electrons. The molecule has 8 nitrogen and oxygen atoms in total. The number of benzene rings is 2. The number of amides is 1. The number of nitrogens with zero attached hydrogens (tertiary/aromatic N) is 5. The van der Waals surface area contributed by atoms with Gasteiger partial charge < -0.3 is 20.1 Å². The van der Waals surface area contributed by atoms with Crippen LogP contribution in [0.2, 0.25) is 0 Å². The monoisotopic (exact) mass is 573 g/mol. The van der Waals surface area contributed by atoms with Crippen LogP contribution in [0.1, 0.15) is 32.4 Å². The van der Waals surface area contributed by atoms with Crippen LogP contribution >= 0.6 is 0 Å². The first-order valence-electron chi connectivity index (χ1n) is 14.9. The first-order chi connectivity index (χ1) is 20.7. The van der Waals surface area contributed by atoms with E-state index in [1.54, 1.807) is 0 Å². The van der Waals surface area contributed by atoms with Crippen molar-refractivity contribution in [3.05, 3.63) is 85.3 Å². The van der Waals surface area contributed by atoms with Crippen LogP contribution in [0.5, 0.6) is 0 Å². The number of hydrogen-bond acceptors (Lipinski definition) is 5. The van der Waals surface area contributed by atoms with Crippen molar-refractivity contribution in [3.63, 3.8) is 0 Å². The van der Waals surface area contributed by atoms with E-state index in [9.17, 15) is 4.79 Å². The van der Waals surface area contributed by atoms with E-state index in [2.05, 4.69) is 102 Å². The van der Waals surface area contributed by atoms with E-state index in [4.69, 9.17) is 4.98 Å². The third-order valence-corrected chi connectivity index (χ3v) is 8.56. The van der Waals surface area contributed by atoms with Gasteiger partial charge in [-0.2, -0.15) is 5.10 Å². The number of rotatable bonds is 7. The third-order valence-electron chi connectivity index (χ3n) is 8.56. The summed E-state index contributed by atoms with van der Waals surface area (Å²) >= 11 is 0. The van der Waals surface area contributed by atoms with E-state index in [-0.39, 0.29) is 11.9 Å². The summed E-state index contributed by atoms with van der Waals surface area (Å²) in [7, 11) is 2.19. The molecule has 2 aromatic carbocycles. The average molecular weight is 574 g/mol. The maximum Gasteiger partial charge on any atom is 0.247 e. The van der Waals surface area contributed by atoms with Crippen molar-refractivity contribution < 1.29 is 4.79 Å². The van der Waals surface area contributed by atoms with Gasteiger partial charge >= 0.3 is 0 Å². The Morgan fingerprint density at radius 1 is 1.05 bits per heavy atom. The van der Waals surface area contributed by atoms with Crippen LogP contribution in [-0.4, -0.2) is 63.3 Å². The number of pyridine rings is 1. The van der Waals surface area contributed by atoms with Crippen molar-refractivity contribution in [1.29, 1.82) is 0 Å². The molecule has 0 spiro atoms. The van der Waals surface area contributed by atoms with Crippen molar-refractivity contribution >= 4 is 28.3 Å². The summed E-state index contributed by atoms with van der Waals surface area (Å²) in [5, 5.41) is 8.52. The van der Waals surface area contributed by atoms with E-state index in [0.717, 1.165) is 75.4 Å². The molecule has 0 aliphatic carbocycles. The van der Waals surface area contributed by atoms with E-state index >= 15 is 0 Å². The Balaban J connectivity index is 1.47. The fourth-order valence-electron chi connectivity index (χ4n) is 5.73. The number of nitrogens with one attached hydrogen (secondary N) is 2.